The normalized spacial score (nSPS) is 13.7. The lowest BCUT2D eigenvalue weighted by Gasteiger charge is -2.36. The highest BCUT2D eigenvalue weighted by atomic mass is 19.1. The lowest BCUT2D eigenvalue weighted by molar-refractivity contribution is -0.135. The number of anilines is 1. The zero-order valence-corrected chi connectivity index (χ0v) is 24.2. The van der Waals surface area contributed by atoms with Gasteiger partial charge in [-0.1, -0.05) is 62.9 Å². The summed E-state index contributed by atoms with van der Waals surface area (Å²) in [4.78, 5) is 31.1. The molecule has 1 aliphatic rings. The molecule has 1 aliphatic carbocycles. The van der Waals surface area contributed by atoms with E-state index in [0.717, 1.165) is 66.6 Å². The Kier molecular flexibility index (Phi) is 10.4. The number of carbonyl (C=O) groups excluding carboxylic acids is 2. The molecule has 2 aromatic carbocycles. The molecule has 4 rings (SSSR count). The SMILES string of the molecule is CCCCN(CC(=O)N(Cc1cccn1Cc1ccc(F)cc1)C1CCCCC1)C(=O)Nc1c(C)cccc1C. The van der Waals surface area contributed by atoms with Crippen LogP contribution in [0.2, 0.25) is 0 Å². The van der Waals surface area contributed by atoms with Gasteiger partial charge in [-0.2, -0.15) is 0 Å². The van der Waals surface area contributed by atoms with Crippen molar-refractivity contribution >= 4 is 17.6 Å². The van der Waals surface area contributed by atoms with Crippen LogP contribution in [-0.2, 0) is 17.9 Å². The Morgan fingerprint density at radius 2 is 1.68 bits per heavy atom. The minimum Gasteiger partial charge on any atom is -0.345 e. The van der Waals surface area contributed by atoms with Gasteiger partial charge in [-0.3, -0.25) is 4.79 Å². The lowest BCUT2D eigenvalue weighted by Crippen LogP contribution is -2.48. The Labute approximate surface area is 238 Å². The van der Waals surface area contributed by atoms with Crippen molar-refractivity contribution in [1.29, 1.82) is 0 Å². The quantitative estimate of drug-likeness (QED) is 0.275. The zero-order valence-electron chi connectivity index (χ0n) is 24.2. The molecule has 0 aliphatic heterocycles. The van der Waals surface area contributed by atoms with Gasteiger partial charge in [-0.25, -0.2) is 9.18 Å². The van der Waals surface area contributed by atoms with Crippen molar-refractivity contribution in [3.63, 3.8) is 0 Å². The Morgan fingerprint density at radius 1 is 0.975 bits per heavy atom. The third-order valence-corrected chi connectivity index (χ3v) is 7.97. The number of urea groups is 1. The second kappa shape index (κ2) is 14.1. The minimum absolute atomic E-state index is 0.0193. The predicted molar refractivity (Wildman–Crippen MR) is 159 cm³/mol. The Hall–Kier alpha value is -3.61. The zero-order chi connectivity index (χ0) is 28.5. The first-order valence-electron chi connectivity index (χ1n) is 14.7. The van der Waals surface area contributed by atoms with Crippen LogP contribution in [0.5, 0.6) is 0 Å². The smallest absolute Gasteiger partial charge is 0.322 e. The number of halogens is 1. The maximum atomic E-state index is 14.0. The molecule has 0 saturated heterocycles. The number of carbonyl (C=O) groups is 2. The molecule has 0 bridgehead atoms. The highest BCUT2D eigenvalue weighted by molar-refractivity contribution is 5.93. The second-order valence-corrected chi connectivity index (χ2v) is 11.0. The fourth-order valence-electron chi connectivity index (χ4n) is 5.58. The summed E-state index contributed by atoms with van der Waals surface area (Å²) in [6, 6.07) is 16.5. The van der Waals surface area contributed by atoms with Gasteiger partial charge < -0.3 is 19.7 Å². The van der Waals surface area contributed by atoms with Crippen LogP contribution in [0.3, 0.4) is 0 Å². The summed E-state index contributed by atoms with van der Waals surface area (Å²) in [6.07, 6.45) is 9.15. The fourth-order valence-corrected chi connectivity index (χ4v) is 5.58. The van der Waals surface area contributed by atoms with E-state index in [0.29, 0.717) is 19.6 Å². The third-order valence-electron chi connectivity index (χ3n) is 7.97. The summed E-state index contributed by atoms with van der Waals surface area (Å²) in [5, 5.41) is 3.08. The number of aromatic nitrogens is 1. The number of unbranched alkanes of at least 4 members (excludes halogenated alkanes) is 1. The second-order valence-electron chi connectivity index (χ2n) is 11.0. The molecule has 3 amide bonds. The summed E-state index contributed by atoms with van der Waals surface area (Å²) in [6.45, 7) is 7.72. The number of para-hydroxylation sites is 1. The molecule has 6 nitrogen and oxygen atoms in total. The average Bonchev–Trinajstić information content (AvgIpc) is 3.39. The van der Waals surface area contributed by atoms with Gasteiger partial charge in [0.05, 0.1) is 6.54 Å². The largest absolute Gasteiger partial charge is 0.345 e. The van der Waals surface area contributed by atoms with E-state index in [9.17, 15) is 14.0 Å². The van der Waals surface area contributed by atoms with E-state index >= 15 is 0 Å². The topological polar surface area (TPSA) is 57.6 Å². The molecule has 0 unspecified atom stereocenters. The number of amides is 3. The van der Waals surface area contributed by atoms with Gasteiger partial charge in [0.1, 0.15) is 12.4 Å². The van der Waals surface area contributed by atoms with Gasteiger partial charge in [0, 0.05) is 36.7 Å². The van der Waals surface area contributed by atoms with Crippen LogP contribution in [0.25, 0.3) is 0 Å². The lowest BCUT2D eigenvalue weighted by atomic mass is 9.94. The molecule has 1 saturated carbocycles. The molecule has 214 valence electrons. The van der Waals surface area contributed by atoms with Crippen molar-refractivity contribution in [2.75, 3.05) is 18.4 Å². The summed E-state index contributed by atoms with van der Waals surface area (Å²) in [5.74, 6) is -0.269. The minimum atomic E-state index is -0.250. The molecule has 1 heterocycles. The molecule has 1 aromatic heterocycles. The van der Waals surface area contributed by atoms with Crippen LogP contribution in [0, 0.1) is 19.7 Å². The molecular formula is C33H43FN4O2. The van der Waals surface area contributed by atoms with Crippen LogP contribution in [0.4, 0.5) is 14.9 Å². The number of aryl methyl sites for hydroxylation is 2. The van der Waals surface area contributed by atoms with E-state index in [1.54, 1.807) is 17.0 Å². The van der Waals surface area contributed by atoms with Gasteiger partial charge in [0.2, 0.25) is 5.91 Å². The number of benzene rings is 2. The molecular weight excluding hydrogens is 503 g/mol. The standard InChI is InChI=1S/C33H43FN4O2/c1-4-5-20-37(33(40)35-32-25(2)11-9-12-26(32)3)24-31(39)38(29-13-7-6-8-14-29)23-30-15-10-21-36(30)22-27-16-18-28(34)19-17-27/h9-12,15-19,21,29H,4-8,13-14,20,22-24H2,1-3H3,(H,35,40). The molecule has 40 heavy (non-hydrogen) atoms. The van der Waals surface area contributed by atoms with E-state index in [2.05, 4.69) is 22.9 Å². The maximum Gasteiger partial charge on any atom is 0.322 e. The van der Waals surface area contributed by atoms with Gasteiger partial charge in [-0.05, 0) is 74.1 Å². The first kappa shape index (κ1) is 29.4. The summed E-state index contributed by atoms with van der Waals surface area (Å²) in [5.41, 5.74) is 4.84. The van der Waals surface area contributed by atoms with E-state index < -0.39 is 0 Å². The molecule has 1 fully saturated rings. The van der Waals surface area contributed by atoms with Crippen LogP contribution < -0.4 is 5.32 Å². The van der Waals surface area contributed by atoms with Crippen molar-refractivity contribution in [2.24, 2.45) is 0 Å². The van der Waals surface area contributed by atoms with Crippen LogP contribution in [-0.4, -0.2) is 45.4 Å². The van der Waals surface area contributed by atoms with E-state index in [1.807, 2.05) is 49.2 Å². The maximum absolute atomic E-state index is 14.0. The van der Waals surface area contributed by atoms with Crippen molar-refractivity contribution in [3.05, 3.63) is 89.0 Å². The van der Waals surface area contributed by atoms with E-state index in [4.69, 9.17) is 0 Å². The van der Waals surface area contributed by atoms with Gasteiger partial charge in [0.15, 0.2) is 0 Å². The highest BCUT2D eigenvalue weighted by Gasteiger charge is 2.29. The van der Waals surface area contributed by atoms with E-state index in [-0.39, 0.29) is 30.3 Å². The molecule has 7 heteroatoms. The van der Waals surface area contributed by atoms with E-state index in [1.165, 1.54) is 18.6 Å². The predicted octanol–water partition coefficient (Wildman–Crippen LogP) is 7.29. The van der Waals surface area contributed by atoms with Crippen LogP contribution in [0.1, 0.15) is 74.3 Å². The van der Waals surface area contributed by atoms with Gasteiger partial charge in [-0.15, -0.1) is 0 Å². The highest BCUT2D eigenvalue weighted by Crippen LogP contribution is 2.26. The summed E-state index contributed by atoms with van der Waals surface area (Å²) in [7, 11) is 0. The Balaban J connectivity index is 1.53. The van der Waals surface area contributed by atoms with Crippen molar-refractivity contribution < 1.29 is 14.0 Å². The molecule has 3 aromatic rings. The number of hydrogen-bond donors (Lipinski definition) is 1. The van der Waals surface area contributed by atoms with Crippen molar-refractivity contribution in [2.45, 2.75) is 84.8 Å². The van der Waals surface area contributed by atoms with Crippen LogP contribution in [0.15, 0.2) is 60.8 Å². The molecule has 0 spiro atoms. The molecule has 0 radical (unpaired) electrons. The van der Waals surface area contributed by atoms with Gasteiger partial charge in [0.25, 0.3) is 0 Å². The average molecular weight is 547 g/mol. The van der Waals surface area contributed by atoms with Crippen molar-refractivity contribution in [1.82, 2.24) is 14.4 Å². The number of hydrogen-bond acceptors (Lipinski definition) is 2. The Bertz CT molecular complexity index is 1240. The first-order chi connectivity index (χ1) is 19.4. The number of nitrogens with zero attached hydrogens (tertiary/aromatic N) is 3. The van der Waals surface area contributed by atoms with Crippen LogP contribution >= 0.6 is 0 Å². The number of rotatable bonds is 11. The molecule has 1 N–H and O–H groups in total. The van der Waals surface area contributed by atoms with Crippen molar-refractivity contribution in [3.8, 4) is 0 Å². The first-order valence-corrected chi connectivity index (χ1v) is 14.7. The summed E-state index contributed by atoms with van der Waals surface area (Å²) >= 11 is 0. The fraction of sp³-hybridized carbons (Fsp3) is 0.455. The third kappa shape index (κ3) is 7.74. The van der Waals surface area contributed by atoms with Gasteiger partial charge >= 0.3 is 6.03 Å². The number of nitrogens with one attached hydrogen (secondary N) is 1. The summed E-state index contributed by atoms with van der Waals surface area (Å²) < 4.78 is 15.6. The molecule has 0 atom stereocenters. The monoisotopic (exact) mass is 546 g/mol. The Morgan fingerprint density at radius 3 is 2.35 bits per heavy atom.